The zero-order chi connectivity index (χ0) is 10.4. The molecule has 0 bridgehead atoms. The SMILES string of the molecule is CC[C@@H](C)C(=O)NCCc1ccsc1. The van der Waals surface area contributed by atoms with Crippen LogP contribution < -0.4 is 5.32 Å². The van der Waals surface area contributed by atoms with Crippen molar-refractivity contribution >= 4 is 17.2 Å². The predicted molar refractivity (Wildman–Crippen MR) is 60.5 cm³/mol. The molecular weight excluding hydrogens is 194 g/mol. The van der Waals surface area contributed by atoms with Crippen molar-refractivity contribution in [3.8, 4) is 0 Å². The van der Waals surface area contributed by atoms with Gasteiger partial charge in [-0.3, -0.25) is 4.79 Å². The minimum atomic E-state index is 0.137. The van der Waals surface area contributed by atoms with Crippen LogP contribution in [0.15, 0.2) is 16.8 Å². The highest BCUT2D eigenvalue weighted by atomic mass is 32.1. The third-order valence-corrected chi connectivity index (χ3v) is 3.09. The van der Waals surface area contributed by atoms with E-state index in [1.807, 2.05) is 13.8 Å². The first-order chi connectivity index (χ1) is 6.74. The minimum Gasteiger partial charge on any atom is -0.356 e. The van der Waals surface area contributed by atoms with Crippen LogP contribution in [0.3, 0.4) is 0 Å². The van der Waals surface area contributed by atoms with Gasteiger partial charge in [0.1, 0.15) is 0 Å². The zero-order valence-electron chi connectivity index (χ0n) is 8.75. The van der Waals surface area contributed by atoms with Crippen LogP contribution in [0.5, 0.6) is 0 Å². The summed E-state index contributed by atoms with van der Waals surface area (Å²) < 4.78 is 0. The molecule has 0 aliphatic heterocycles. The van der Waals surface area contributed by atoms with Crippen LogP contribution in [0.25, 0.3) is 0 Å². The molecule has 1 amide bonds. The van der Waals surface area contributed by atoms with E-state index in [-0.39, 0.29) is 11.8 Å². The Morgan fingerprint density at radius 1 is 1.64 bits per heavy atom. The molecule has 1 aromatic heterocycles. The maximum Gasteiger partial charge on any atom is 0.222 e. The Kier molecular flexibility index (Phi) is 4.66. The van der Waals surface area contributed by atoms with Crippen molar-refractivity contribution < 1.29 is 4.79 Å². The molecule has 0 saturated carbocycles. The molecule has 0 aromatic carbocycles. The fourth-order valence-corrected chi connectivity index (χ4v) is 1.83. The van der Waals surface area contributed by atoms with Gasteiger partial charge in [-0.15, -0.1) is 0 Å². The van der Waals surface area contributed by atoms with Gasteiger partial charge in [0.25, 0.3) is 0 Å². The maximum atomic E-state index is 11.4. The average molecular weight is 211 g/mol. The Balaban J connectivity index is 2.18. The highest BCUT2D eigenvalue weighted by Crippen LogP contribution is 2.06. The van der Waals surface area contributed by atoms with E-state index in [0.29, 0.717) is 0 Å². The van der Waals surface area contributed by atoms with Crippen molar-refractivity contribution in [2.45, 2.75) is 26.7 Å². The molecule has 1 rings (SSSR count). The van der Waals surface area contributed by atoms with Gasteiger partial charge in [0.2, 0.25) is 5.91 Å². The first-order valence-corrected chi connectivity index (χ1v) is 5.97. The van der Waals surface area contributed by atoms with E-state index in [4.69, 9.17) is 0 Å². The van der Waals surface area contributed by atoms with Crippen molar-refractivity contribution in [1.29, 1.82) is 0 Å². The van der Waals surface area contributed by atoms with Crippen molar-refractivity contribution in [2.75, 3.05) is 6.54 Å². The molecule has 0 unspecified atom stereocenters. The van der Waals surface area contributed by atoms with Crippen LogP contribution in [-0.4, -0.2) is 12.5 Å². The smallest absolute Gasteiger partial charge is 0.222 e. The Hall–Kier alpha value is -0.830. The number of thiophene rings is 1. The third-order valence-electron chi connectivity index (χ3n) is 2.35. The second kappa shape index (κ2) is 5.81. The van der Waals surface area contributed by atoms with Gasteiger partial charge in [-0.1, -0.05) is 13.8 Å². The lowest BCUT2D eigenvalue weighted by Gasteiger charge is -2.08. The average Bonchev–Trinajstić information content (AvgIpc) is 2.69. The maximum absolute atomic E-state index is 11.4. The quantitative estimate of drug-likeness (QED) is 0.796. The highest BCUT2D eigenvalue weighted by molar-refractivity contribution is 7.07. The first kappa shape index (κ1) is 11.2. The summed E-state index contributed by atoms with van der Waals surface area (Å²) in [5, 5.41) is 7.12. The lowest BCUT2D eigenvalue weighted by atomic mass is 10.1. The van der Waals surface area contributed by atoms with E-state index in [9.17, 15) is 4.79 Å². The summed E-state index contributed by atoms with van der Waals surface area (Å²) in [4.78, 5) is 11.4. The Bertz CT molecular complexity index is 269. The van der Waals surface area contributed by atoms with Crippen LogP contribution in [0.4, 0.5) is 0 Å². The summed E-state index contributed by atoms with van der Waals surface area (Å²) in [6.07, 6.45) is 1.84. The van der Waals surface area contributed by atoms with Crippen LogP contribution in [0, 0.1) is 5.92 Å². The number of amides is 1. The van der Waals surface area contributed by atoms with Crippen molar-refractivity contribution in [3.63, 3.8) is 0 Å². The molecule has 2 nitrogen and oxygen atoms in total. The van der Waals surface area contributed by atoms with E-state index in [1.54, 1.807) is 11.3 Å². The minimum absolute atomic E-state index is 0.137. The molecular formula is C11H17NOS. The lowest BCUT2D eigenvalue weighted by molar-refractivity contribution is -0.124. The summed E-state index contributed by atoms with van der Waals surface area (Å²) in [6.45, 7) is 4.74. The van der Waals surface area contributed by atoms with E-state index in [1.165, 1.54) is 5.56 Å². The van der Waals surface area contributed by atoms with Gasteiger partial charge >= 0.3 is 0 Å². The molecule has 78 valence electrons. The Morgan fingerprint density at radius 2 is 2.43 bits per heavy atom. The number of carbonyl (C=O) groups is 1. The Labute approximate surface area is 89.3 Å². The van der Waals surface area contributed by atoms with Crippen LogP contribution in [0.2, 0.25) is 0 Å². The summed E-state index contributed by atoms with van der Waals surface area (Å²) in [5.74, 6) is 0.306. The summed E-state index contributed by atoms with van der Waals surface area (Å²) in [6, 6.07) is 2.10. The van der Waals surface area contributed by atoms with Gasteiger partial charge < -0.3 is 5.32 Å². The van der Waals surface area contributed by atoms with E-state index >= 15 is 0 Å². The largest absolute Gasteiger partial charge is 0.356 e. The molecule has 14 heavy (non-hydrogen) atoms. The van der Waals surface area contributed by atoms with Crippen LogP contribution in [0.1, 0.15) is 25.8 Å². The van der Waals surface area contributed by atoms with Gasteiger partial charge in [0, 0.05) is 12.5 Å². The van der Waals surface area contributed by atoms with E-state index < -0.39 is 0 Å². The van der Waals surface area contributed by atoms with Gasteiger partial charge in [-0.25, -0.2) is 0 Å². The van der Waals surface area contributed by atoms with E-state index in [2.05, 4.69) is 22.1 Å². The first-order valence-electron chi connectivity index (χ1n) is 5.02. The summed E-state index contributed by atoms with van der Waals surface area (Å²) in [5.41, 5.74) is 1.31. The fourth-order valence-electron chi connectivity index (χ4n) is 1.12. The molecule has 0 aliphatic carbocycles. The molecule has 1 heterocycles. The Morgan fingerprint density at radius 3 is 3.00 bits per heavy atom. The van der Waals surface area contributed by atoms with Crippen molar-refractivity contribution in [2.24, 2.45) is 5.92 Å². The fraction of sp³-hybridized carbons (Fsp3) is 0.545. The topological polar surface area (TPSA) is 29.1 Å². The molecule has 3 heteroatoms. The van der Waals surface area contributed by atoms with Crippen molar-refractivity contribution in [1.82, 2.24) is 5.32 Å². The predicted octanol–water partition coefficient (Wildman–Crippen LogP) is 2.45. The number of hydrogen-bond donors (Lipinski definition) is 1. The highest BCUT2D eigenvalue weighted by Gasteiger charge is 2.08. The zero-order valence-corrected chi connectivity index (χ0v) is 9.56. The van der Waals surface area contributed by atoms with Crippen LogP contribution >= 0.6 is 11.3 Å². The summed E-state index contributed by atoms with van der Waals surface area (Å²) >= 11 is 1.70. The number of hydrogen-bond acceptors (Lipinski definition) is 2. The standard InChI is InChI=1S/C11H17NOS/c1-3-9(2)11(13)12-6-4-10-5-7-14-8-10/h5,7-9H,3-4,6H2,1-2H3,(H,12,13)/t9-/m1/s1. The molecule has 1 aromatic rings. The number of rotatable bonds is 5. The lowest BCUT2D eigenvalue weighted by Crippen LogP contribution is -2.30. The van der Waals surface area contributed by atoms with E-state index in [0.717, 1.165) is 19.4 Å². The summed E-state index contributed by atoms with van der Waals surface area (Å²) in [7, 11) is 0. The van der Waals surface area contributed by atoms with Gasteiger partial charge in [0.05, 0.1) is 0 Å². The van der Waals surface area contributed by atoms with Gasteiger partial charge in [-0.2, -0.15) is 11.3 Å². The third kappa shape index (κ3) is 3.50. The van der Waals surface area contributed by atoms with Gasteiger partial charge in [0.15, 0.2) is 0 Å². The number of nitrogens with one attached hydrogen (secondary N) is 1. The van der Waals surface area contributed by atoms with Crippen LogP contribution in [-0.2, 0) is 11.2 Å². The van der Waals surface area contributed by atoms with Gasteiger partial charge in [-0.05, 0) is 35.2 Å². The molecule has 0 aliphatic rings. The second-order valence-electron chi connectivity index (χ2n) is 3.48. The van der Waals surface area contributed by atoms with Crippen molar-refractivity contribution in [3.05, 3.63) is 22.4 Å². The molecule has 0 radical (unpaired) electrons. The second-order valence-corrected chi connectivity index (χ2v) is 4.26. The molecule has 1 N–H and O–H groups in total. The number of carbonyl (C=O) groups excluding carboxylic acids is 1. The monoisotopic (exact) mass is 211 g/mol. The molecule has 0 saturated heterocycles. The molecule has 0 spiro atoms. The molecule has 0 fully saturated rings. The molecule has 1 atom stereocenters. The normalized spacial score (nSPS) is 12.4.